The molecule has 2 aromatic heterocycles. The monoisotopic (exact) mass is 349 g/mol. The molecule has 6 heteroatoms. The summed E-state index contributed by atoms with van der Waals surface area (Å²) in [5, 5.41) is 19.2. The van der Waals surface area contributed by atoms with Crippen LogP contribution in [0, 0.1) is 18.3 Å². The van der Waals surface area contributed by atoms with E-state index in [9.17, 15) is 9.90 Å². The first-order chi connectivity index (χ1) is 12.0. The van der Waals surface area contributed by atoms with Crippen molar-refractivity contribution in [1.29, 1.82) is 5.26 Å². The summed E-state index contributed by atoms with van der Waals surface area (Å²) in [6.45, 7) is 1.93. The van der Waals surface area contributed by atoms with Crippen LogP contribution in [0.1, 0.15) is 31.6 Å². The van der Waals surface area contributed by atoms with E-state index in [1.54, 1.807) is 12.1 Å². The van der Waals surface area contributed by atoms with Gasteiger partial charge in [-0.3, -0.25) is 0 Å². The predicted octanol–water partition coefficient (Wildman–Crippen LogP) is 4.20. The largest absolute Gasteiger partial charge is 0.477 e. The number of rotatable bonds is 4. The Balaban J connectivity index is 1.99. The lowest BCUT2D eigenvalue weighted by atomic mass is 10.1. The van der Waals surface area contributed by atoms with Crippen molar-refractivity contribution in [2.45, 2.75) is 6.92 Å². The second kappa shape index (κ2) is 6.75. The molecule has 0 amide bonds. The molecule has 124 valence electrons. The third-order valence-electron chi connectivity index (χ3n) is 3.98. The molecular weight excluding hydrogens is 334 g/mol. The number of carboxylic acid groups (broad SMARTS) is 1. The second-order valence-electron chi connectivity index (χ2n) is 5.48. The Morgan fingerprint density at radius 3 is 2.64 bits per heavy atom. The molecule has 0 saturated heterocycles. The number of aromatic nitrogens is 2. The number of nitrogens with zero attached hydrogens (tertiary/aromatic N) is 3. The van der Waals surface area contributed by atoms with Gasteiger partial charge in [-0.25, -0.2) is 9.78 Å². The van der Waals surface area contributed by atoms with Gasteiger partial charge in [0.25, 0.3) is 0 Å². The van der Waals surface area contributed by atoms with Gasteiger partial charge in [0.1, 0.15) is 21.6 Å². The molecule has 25 heavy (non-hydrogen) atoms. The average Bonchev–Trinajstić information content (AvgIpc) is 3.17. The van der Waals surface area contributed by atoms with E-state index in [2.05, 4.69) is 11.1 Å². The lowest BCUT2D eigenvalue weighted by molar-refractivity contribution is 0.0702. The topological polar surface area (TPSA) is 78.9 Å². The molecule has 0 spiro atoms. The van der Waals surface area contributed by atoms with E-state index in [0.29, 0.717) is 16.4 Å². The normalized spacial score (nSPS) is 10.9. The van der Waals surface area contributed by atoms with Crippen LogP contribution in [0.5, 0.6) is 0 Å². The van der Waals surface area contributed by atoms with Gasteiger partial charge in [0.15, 0.2) is 0 Å². The number of thiazole rings is 1. The van der Waals surface area contributed by atoms with Crippen LogP contribution in [-0.4, -0.2) is 20.6 Å². The van der Waals surface area contributed by atoms with Gasteiger partial charge in [-0.05, 0) is 24.6 Å². The minimum absolute atomic E-state index is 0.216. The van der Waals surface area contributed by atoms with E-state index in [4.69, 9.17) is 5.26 Å². The summed E-state index contributed by atoms with van der Waals surface area (Å²) in [7, 11) is 1.84. The molecule has 2 heterocycles. The average molecular weight is 349 g/mol. The molecule has 0 unspecified atom stereocenters. The Morgan fingerprint density at radius 2 is 2.04 bits per heavy atom. The molecule has 1 aromatic carbocycles. The maximum absolute atomic E-state index is 11.5. The molecule has 0 bridgehead atoms. The maximum atomic E-state index is 11.5. The van der Waals surface area contributed by atoms with Crippen LogP contribution in [0.25, 0.3) is 23.4 Å². The van der Waals surface area contributed by atoms with Crippen molar-refractivity contribution >= 4 is 29.5 Å². The SMILES string of the molecule is Cc1c(/C=C/c2nc(-c3ccccc3)c(C(=O)O)s2)cc(C#N)n1C. The minimum atomic E-state index is -0.987. The zero-order chi connectivity index (χ0) is 18.0. The molecule has 1 N–H and O–H groups in total. The lowest BCUT2D eigenvalue weighted by Gasteiger charge is -1.97. The van der Waals surface area contributed by atoms with E-state index in [1.165, 1.54) is 0 Å². The highest BCUT2D eigenvalue weighted by Crippen LogP contribution is 2.29. The van der Waals surface area contributed by atoms with E-state index in [0.717, 1.165) is 28.2 Å². The first-order valence-electron chi connectivity index (χ1n) is 7.55. The minimum Gasteiger partial charge on any atom is -0.477 e. The van der Waals surface area contributed by atoms with Crippen molar-refractivity contribution in [3.8, 4) is 17.3 Å². The van der Waals surface area contributed by atoms with Gasteiger partial charge in [-0.1, -0.05) is 36.4 Å². The third kappa shape index (κ3) is 3.23. The maximum Gasteiger partial charge on any atom is 0.348 e. The van der Waals surface area contributed by atoms with Gasteiger partial charge in [0, 0.05) is 18.3 Å². The summed E-state index contributed by atoms with van der Waals surface area (Å²) < 4.78 is 1.82. The summed E-state index contributed by atoms with van der Waals surface area (Å²) in [4.78, 5) is 16.2. The van der Waals surface area contributed by atoms with Gasteiger partial charge < -0.3 is 9.67 Å². The summed E-state index contributed by atoms with van der Waals surface area (Å²) in [5.41, 5.74) is 3.70. The summed E-state index contributed by atoms with van der Waals surface area (Å²) in [5.74, 6) is -0.987. The molecule has 0 aliphatic heterocycles. The number of carbonyl (C=O) groups is 1. The van der Waals surface area contributed by atoms with Crippen LogP contribution in [-0.2, 0) is 7.05 Å². The van der Waals surface area contributed by atoms with E-state index in [-0.39, 0.29) is 4.88 Å². The first-order valence-corrected chi connectivity index (χ1v) is 8.37. The standard InChI is InChI=1S/C19H15N3O2S/c1-12-14(10-15(11-20)22(12)2)8-9-16-21-17(18(25-16)19(23)24)13-6-4-3-5-7-13/h3-10H,1-2H3,(H,23,24)/b9-8+. The Hall–Kier alpha value is -3.17. The van der Waals surface area contributed by atoms with E-state index >= 15 is 0 Å². The zero-order valence-corrected chi connectivity index (χ0v) is 14.5. The van der Waals surface area contributed by atoms with E-state index < -0.39 is 5.97 Å². The number of aromatic carboxylic acids is 1. The fraction of sp³-hybridized carbons (Fsp3) is 0.105. The molecule has 0 fully saturated rings. The van der Waals surface area contributed by atoms with Crippen LogP contribution in [0.3, 0.4) is 0 Å². The Morgan fingerprint density at radius 1 is 1.32 bits per heavy atom. The zero-order valence-electron chi connectivity index (χ0n) is 13.7. The number of hydrogen-bond donors (Lipinski definition) is 1. The number of nitriles is 1. The van der Waals surface area contributed by atoms with Crippen molar-refractivity contribution in [3.63, 3.8) is 0 Å². The van der Waals surface area contributed by atoms with Crippen LogP contribution in [0.2, 0.25) is 0 Å². The van der Waals surface area contributed by atoms with Crippen molar-refractivity contribution in [2.24, 2.45) is 7.05 Å². The second-order valence-corrected chi connectivity index (χ2v) is 6.51. The molecular formula is C19H15N3O2S. The number of hydrogen-bond acceptors (Lipinski definition) is 4. The van der Waals surface area contributed by atoms with Crippen molar-refractivity contribution in [3.05, 3.63) is 63.2 Å². The molecule has 0 aliphatic carbocycles. The van der Waals surface area contributed by atoms with Crippen LogP contribution in [0.4, 0.5) is 0 Å². The number of carboxylic acids is 1. The summed E-state index contributed by atoms with van der Waals surface area (Å²) >= 11 is 1.14. The van der Waals surface area contributed by atoms with Crippen molar-refractivity contribution < 1.29 is 9.90 Å². The highest BCUT2D eigenvalue weighted by molar-refractivity contribution is 7.15. The predicted molar refractivity (Wildman–Crippen MR) is 98.3 cm³/mol. The fourth-order valence-electron chi connectivity index (χ4n) is 2.50. The Labute approximate surface area is 149 Å². The molecule has 3 rings (SSSR count). The third-order valence-corrected chi connectivity index (χ3v) is 4.99. The molecule has 0 atom stereocenters. The quantitative estimate of drug-likeness (QED) is 0.766. The van der Waals surface area contributed by atoms with Gasteiger partial charge in [0.05, 0.1) is 5.69 Å². The first kappa shape index (κ1) is 16.7. The molecule has 5 nitrogen and oxygen atoms in total. The van der Waals surface area contributed by atoms with Crippen molar-refractivity contribution in [1.82, 2.24) is 9.55 Å². The highest BCUT2D eigenvalue weighted by Gasteiger charge is 2.17. The smallest absolute Gasteiger partial charge is 0.348 e. The molecule has 0 radical (unpaired) electrons. The molecule has 0 aliphatic rings. The molecule has 0 saturated carbocycles. The van der Waals surface area contributed by atoms with Crippen LogP contribution >= 0.6 is 11.3 Å². The van der Waals surface area contributed by atoms with Gasteiger partial charge in [-0.2, -0.15) is 5.26 Å². The lowest BCUT2D eigenvalue weighted by Crippen LogP contribution is -1.95. The Bertz CT molecular complexity index is 1010. The Kier molecular flexibility index (Phi) is 4.50. The fourth-order valence-corrected chi connectivity index (χ4v) is 3.33. The molecule has 3 aromatic rings. The van der Waals surface area contributed by atoms with Crippen molar-refractivity contribution in [2.75, 3.05) is 0 Å². The highest BCUT2D eigenvalue weighted by atomic mass is 32.1. The van der Waals surface area contributed by atoms with Crippen LogP contribution < -0.4 is 0 Å². The summed E-state index contributed by atoms with van der Waals surface area (Å²) in [6.07, 6.45) is 3.64. The number of benzene rings is 1. The van der Waals surface area contributed by atoms with Gasteiger partial charge in [-0.15, -0.1) is 11.3 Å². The summed E-state index contributed by atoms with van der Waals surface area (Å²) in [6, 6.07) is 13.2. The van der Waals surface area contributed by atoms with E-state index in [1.807, 2.05) is 54.9 Å². The van der Waals surface area contributed by atoms with Gasteiger partial charge in [0.2, 0.25) is 0 Å². The van der Waals surface area contributed by atoms with Gasteiger partial charge >= 0.3 is 5.97 Å². The van der Waals surface area contributed by atoms with Crippen LogP contribution in [0.15, 0.2) is 36.4 Å².